The Morgan fingerprint density at radius 1 is 1.30 bits per heavy atom. The van der Waals surface area contributed by atoms with Gasteiger partial charge in [-0.25, -0.2) is 0 Å². The predicted octanol–water partition coefficient (Wildman–Crippen LogP) is 1.96. The Hall–Kier alpha value is -2.22. The van der Waals surface area contributed by atoms with Crippen molar-refractivity contribution in [2.24, 2.45) is 5.41 Å². The second kappa shape index (κ2) is 7.39. The van der Waals surface area contributed by atoms with Crippen LogP contribution in [0.15, 0.2) is 22.8 Å². The van der Waals surface area contributed by atoms with E-state index in [4.69, 9.17) is 20.3 Å². The van der Waals surface area contributed by atoms with Gasteiger partial charge in [0, 0.05) is 12.8 Å². The largest absolute Gasteiger partial charge is 0.469 e. The normalized spacial score (nSPS) is 10.7. The molecule has 0 aromatic carbocycles. The molecule has 1 aromatic rings. The molecule has 0 saturated heterocycles. The molecular weight excluding hydrogens is 260 g/mol. The van der Waals surface area contributed by atoms with Crippen LogP contribution in [0.3, 0.4) is 0 Å². The van der Waals surface area contributed by atoms with E-state index in [1.807, 2.05) is 0 Å². The van der Waals surface area contributed by atoms with Crippen molar-refractivity contribution in [1.82, 2.24) is 0 Å². The zero-order valence-electron chi connectivity index (χ0n) is 11.7. The first-order valence-electron chi connectivity index (χ1n) is 6.41. The monoisotopic (exact) mass is 278 g/mol. The van der Waals surface area contributed by atoms with Crippen LogP contribution < -0.4 is 0 Å². The number of hydrogen-bond acceptors (Lipinski definition) is 5. The van der Waals surface area contributed by atoms with Crippen LogP contribution in [0.1, 0.15) is 26.0 Å². The summed E-state index contributed by atoms with van der Waals surface area (Å²) in [6, 6.07) is 3.34. The first-order valence-corrected chi connectivity index (χ1v) is 6.41. The lowest BCUT2D eigenvalue weighted by atomic mass is 9.80. The van der Waals surface area contributed by atoms with E-state index in [0.717, 1.165) is 0 Å². The molecule has 1 rings (SSSR count). The molecule has 0 fully saturated rings. The number of carbonyl (C=O) groups is 2. The third kappa shape index (κ3) is 3.41. The number of carbonyl (C=O) groups excluding carboxylic acids is 2. The third-order valence-electron chi connectivity index (χ3n) is 2.79. The predicted molar refractivity (Wildman–Crippen MR) is 71.6 cm³/mol. The highest BCUT2D eigenvalue weighted by Crippen LogP contribution is 2.31. The van der Waals surface area contributed by atoms with Gasteiger partial charge < -0.3 is 13.9 Å². The lowest BCUT2D eigenvalue weighted by molar-refractivity contribution is -0.172. The van der Waals surface area contributed by atoms with Crippen LogP contribution in [0, 0.1) is 17.8 Å². The summed E-state index contributed by atoms with van der Waals surface area (Å²) in [6.45, 7) is 3.64. The quantitative estimate of drug-likeness (QED) is 0.433. The van der Waals surface area contributed by atoms with Gasteiger partial charge in [-0.05, 0) is 26.0 Å². The molecule has 1 heterocycles. The first-order chi connectivity index (χ1) is 9.60. The fourth-order valence-corrected chi connectivity index (χ4v) is 1.86. The van der Waals surface area contributed by atoms with Gasteiger partial charge in [-0.1, -0.05) is 0 Å². The fraction of sp³-hybridized carbons (Fsp3) is 0.467. The van der Waals surface area contributed by atoms with Gasteiger partial charge >= 0.3 is 11.9 Å². The van der Waals surface area contributed by atoms with Crippen molar-refractivity contribution in [1.29, 1.82) is 0 Å². The van der Waals surface area contributed by atoms with Crippen LogP contribution in [0.5, 0.6) is 0 Å². The third-order valence-corrected chi connectivity index (χ3v) is 2.79. The Morgan fingerprint density at radius 3 is 2.30 bits per heavy atom. The van der Waals surface area contributed by atoms with Gasteiger partial charge in [0.25, 0.3) is 0 Å². The molecule has 20 heavy (non-hydrogen) atoms. The van der Waals surface area contributed by atoms with Crippen molar-refractivity contribution >= 4 is 11.9 Å². The van der Waals surface area contributed by atoms with Crippen LogP contribution in [0.2, 0.25) is 0 Å². The van der Waals surface area contributed by atoms with E-state index in [1.165, 1.54) is 6.26 Å². The van der Waals surface area contributed by atoms with Crippen molar-refractivity contribution in [2.45, 2.75) is 26.7 Å². The zero-order valence-corrected chi connectivity index (χ0v) is 11.7. The van der Waals surface area contributed by atoms with E-state index in [-0.39, 0.29) is 26.1 Å². The maximum Gasteiger partial charge on any atom is 0.324 e. The molecule has 0 N–H and O–H groups in total. The lowest BCUT2D eigenvalue weighted by Crippen LogP contribution is -2.43. The lowest BCUT2D eigenvalue weighted by Gasteiger charge is -2.26. The Balaban J connectivity index is 3.15. The molecule has 0 unspecified atom stereocenters. The average molecular weight is 278 g/mol. The van der Waals surface area contributed by atoms with E-state index >= 15 is 0 Å². The summed E-state index contributed by atoms with van der Waals surface area (Å²) in [4.78, 5) is 24.5. The Labute approximate surface area is 118 Å². The van der Waals surface area contributed by atoms with Crippen LogP contribution in [0.4, 0.5) is 0 Å². The molecule has 0 aliphatic heterocycles. The number of rotatable bonds is 7. The maximum atomic E-state index is 12.2. The molecule has 0 aliphatic rings. The van der Waals surface area contributed by atoms with Crippen LogP contribution in [-0.4, -0.2) is 25.2 Å². The standard InChI is InChI=1S/C15H18O5/c1-4-9-15(13(16)18-5-2,14(17)19-6-3)11-12-8-7-10-20-12/h1,7-8,10H,5-6,9,11H2,2-3H3. The van der Waals surface area contributed by atoms with E-state index < -0.39 is 17.4 Å². The summed E-state index contributed by atoms with van der Waals surface area (Å²) < 4.78 is 15.2. The van der Waals surface area contributed by atoms with Gasteiger partial charge in [0.15, 0.2) is 5.41 Å². The molecule has 0 amide bonds. The average Bonchev–Trinajstić information content (AvgIpc) is 2.91. The second-order valence-corrected chi connectivity index (χ2v) is 4.16. The van der Waals surface area contributed by atoms with Gasteiger partial charge in [-0.15, -0.1) is 12.3 Å². The molecule has 1 aromatic heterocycles. The van der Waals surface area contributed by atoms with Crippen LogP contribution in [-0.2, 0) is 25.5 Å². The number of terminal acetylenes is 1. The minimum atomic E-state index is -1.56. The summed E-state index contributed by atoms with van der Waals surface area (Å²) in [7, 11) is 0. The zero-order chi connectivity index (χ0) is 15.0. The summed E-state index contributed by atoms with van der Waals surface area (Å²) in [5, 5.41) is 0. The van der Waals surface area contributed by atoms with Crippen LogP contribution in [0.25, 0.3) is 0 Å². The van der Waals surface area contributed by atoms with Crippen molar-refractivity contribution < 1.29 is 23.5 Å². The van der Waals surface area contributed by atoms with Gasteiger partial charge in [0.05, 0.1) is 19.5 Å². The fourth-order valence-electron chi connectivity index (χ4n) is 1.86. The minimum Gasteiger partial charge on any atom is -0.469 e. The number of hydrogen-bond donors (Lipinski definition) is 0. The summed E-state index contributed by atoms with van der Waals surface area (Å²) in [5.41, 5.74) is -1.56. The molecular formula is C15H18O5. The molecule has 0 spiro atoms. The molecule has 0 saturated carbocycles. The van der Waals surface area contributed by atoms with Crippen LogP contribution >= 0.6 is 0 Å². The topological polar surface area (TPSA) is 65.7 Å². The summed E-state index contributed by atoms with van der Waals surface area (Å²) in [5.74, 6) is 1.46. The summed E-state index contributed by atoms with van der Waals surface area (Å²) in [6.07, 6.45) is 6.69. The van der Waals surface area contributed by atoms with Crippen molar-refractivity contribution in [3.63, 3.8) is 0 Å². The van der Waals surface area contributed by atoms with E-state index in [2.05, 4.69) is 5.92 Å². The SMILES string of the molecule is C#CCC(Cc1ccco1)(C(=O)OCC)C(=O)OCC. The van der Waals surface area contributed by atoms with E-state index in [9.17, 15) is 9.59 Å². The van der Waals surface area contributed by atoms with Gasteiger partial charge in [-0.3, -0.25) is 9.59 Å². The highest BCUT2D eigenvalue weighted by Gasteiger charge is 2.49. The highest BCUT2D eigenvalue weighted by molar-refractivity contribution is 6.00. The highest BCUT2D eigenvalue weighted by atomic mass is 16.6. The molecule has 0 atom stereocenters. The molecule has 108 valence electrons. The molecule has 0 aliphatic carbocycles. The molecule has 5 heteroatoms. The van der Waals surface area contributed by atoms with Crippen molar-refractivity contribution in [2.75, 3.05) is 13.2 Å². The Kier molecular flexibility index (Phi) is 5.85. The first kappa shape index (κ1) is 15.8. The van der Waals surface area contributed by atoms with E-state index in [1.54, 1.807) is 26.0 Å². The number of esters is 2. The minimum absolute atomic E-state index is 0.0157. The molecule has 0 radical (unpaired) electrons. The van der Waals surface area contributed by atoms with E-state index in [0.29, 0.717) is 5.76 Å². The van der Waals surface area contributed by atoms with Gasteiger partial charge in [-0.2, -0.15) is 0 Å². The second-order valence-electron chi connectivity index (χ2n) is 4.16. The Bertz CT molecular complexity index is 463. The van der Waals surface area contributed by atoms with Crippen molar-refractivity contribution in [3.05, 3.63) is 24.2 Å². The number of furan rings is 1. The summed E-state index contributed by atoms with van der Waals surface area (Å²) >= 11 is 0. The molecule has 5 nitrogen and oxygen atoms in total. The number of ether oxygens (including phenoxy) is 2. The maximum absolute atomic E-state index is 12.2. The van der Waals surface area contributed by atoms with Gasteiger partial charge in [0.2, 0.25) is 0 Å². The van der Waals surface area contributed by atoms with Crippen molar-refractivity contribution in [3.8, 4) is 12.3 Å². The Morgan fingerprint density at radius 2 is 1.90 bits per heavy atom. The smallest absolute Gasteiger partial charge is 0.324 e. The molecule has 0 bridgehead atoms. The van der Waals surface area contributed by atoms with Gasteiger partial charge in [0.1, 0.15) is 5.76 Å².